The zero-order chi connectivity index (χ0) is 16.4. The van der Waals surface area contributed by atoms with Crippen LogP contribution in [0.4, 0.5) is 0 Å². The van der Waals surface area contributed by atoms with Crippen molar-refractivity contribution in [2.24, 2.45) is 0 Å². The van der Waals surface area contributed by atoms with Crippen molar-refractivity contribution in [3.63, 3.8) is 0 Å². The van der Waals surface area contributed by atoms with Gasteiger partial charge in [-0.3, -0.25) is 4.79 Å². The number of benzene rings is 1. The maximum atomic E-state index is 11.9. The predicted octanol–water partition coefficient (Wildman–Crippen LogP) is 2.59. The molecule has 1 atom stereocenters. The molecule has 0 saturated carbocycles. The second-order valence-electron chi connectivity index (χ2n) is 5.67. The van der Waals surface area contributed by atoms with Gasteiger partial charge in [0.1, 0.15) is 5.75 Å². The monoisotopic (exact) mass is 333 g/mol. The van der Waals surface area contributed by atoms with E-state index in [-0.39, 0.29) is 17.8 Å². The van der Waals surface area contributed by atoms with Crippen LogP contribution in [0.25, 0.3) is 0 Å². The number of carbonyl (C=O) groups excluding carboxylic acids is 1. The zero-order valence-electron chi connectivity index (χ0n) is 13.4. The first-order chi connectivity index (χ1) is 11.0. The summed E-state index contributed by atoms with van der Waals surface area (Å²) in [4.78, 5) is 13.6. The van der Waals surface area contributed by atoms with Crippen LogP contribution < -0.4 is 4.74 Å². The minimum Gasteiger partial charge on any atom is -0.484 e. The number of nitrogens with zero attached hydrogens (tertiary/aromatic N) is 3. The lowest BCUT2D eigenvalue weighted by Gasteiger charge is -2.08. The van der Waals surface area contributed by atoms with Crippen molar-refractivity contribution < 1.29 is 13.9 Å². The maximum absolute atomic E-state index is 11.9. The van der Waals surface area contributed by atoms with Crippen molar-refractivity contribution in [1.82, 2.24) is 15.1 Å². The first-order valence-corrected chi connectivity index (χ1v) is 8.35. The summed E-state index contributed by atoms with van der Waals surface area (Å²) in [7, 11) is 1.81. The molecule has 1 saturated heterocycles. The van der Waals surface area contributed by atoms with Gasteiger partial charge >= 0.3 is 0 Å². The van der Waals surface area contributed by atoms with E-state index in [9.17, 15) is 4.79 Å². The van der Waals surface area contributed by atoms with Crippen LogP contribution >= 0.6 is 11.8 Å². The van der Waals surface area contributed by atoms with Crippen molar-refractivity contribution in [1.29, 1.82) is 0 Å². The van der Waals surface area contributed by atoms with Crippen molar-refractivity contribution in [3.8, 4) is 5.75 Å². The SMILES string of the molecule is Cc1ccc(C)c(OCc2nnc(S[C@H]3CCN(C)C3=O)o2)c1. The lowest BCUT2D eigenvalue weighted by molar-refractivity contribution is -0.126. The largest absolute Gasteiger partial charge is 0.484 e. The third-order valence-electron chi connectivity index (χ3n) is 3.76. The van der Waals surface area contributed by atoms with E-state index in [1.165, 1.54) is 11.8 Å². The van der Waals surface area contributed by atoms with Gasteiger partial charge in [-0.2, -0.15) is 0 Å². The van der Waals surface area contributed by atoms with E-state index in [0.29, 0.717) is 11.1 Å². The van der Waals surface area contributed by atoms with Crippen molar-refractivity contribution in [3.05, 3.63) is 35.2 Å². The standard InChI is InChI=1S/C16H19N3O3S/c1-10-4-5-11(2)12(8-10)21-9-14-17-18-16(22-14)23-13-6-7-19(3)15(13)20/h4-5,8,13H,6-7,9H2,1-3H3/t13-/m0/s1. The van der Waals surface area contributed by atoms with Gasteiger partial charge in [-0.15, -0.1) is 10.2 Å². The van der Waals surface area contributed by atoms with E-state index < -0.39 is 0 Å². The van der Waals surface area contributed by atoms with Gasteiger partial charge in [0.05, 0.1) is 5.25 Å². The third-order valence-corrected chi connectivity index (χ3v) is 4.85. The van der Waals surface area contributed by atoms with Crippen molar-refractivity contribution in [2.75, 3.05) is 13.6 Å². The Hall–Kier alpha value is -2.02. The molecule has 2 aromatic rings. The molecule has 0 aliphatic carbocycles. The number of amides is 1. The van der Waals surface area contributed by atoms with E-state index >= 15 is 0 Å². The van der Waals surface area contributed by atoms with Gasteiger partial charge in [0.2, 0.25) is 5.91 Å². The van der Waals surface area contributed by atoms with Gasteiger partial charge in [0, 0.05) is 13.6 Å². The number of aromatic nitrogens is 2. The van der Waals surface area contributed by atoms with E-state index in [1.54, 1.807) is 11.9 Å². The highest BCUT2D eigenvalue weighted by Gasteiger charge is 2.31. The van der Waals surface area contributed by atoms with Gasteiger partial charge in [-0.25, -0.2) is 0 Å². The number of ether oxygens (including phenoxy) is 1. The van der Waals surface area contributed by atoms with Crippen LogP contribution in [0.1, 0.15) is 23.4 Å². The lowest BCUT2D eigenvalue weighted by atomic mass is 10.1. The van der Waals surface area contributed by atoms with Gasteiger partial charge in [-0.05, 0) is 37.5 Å². The Kier molecular flexibility index (Phi) is 4.56. The normalized spacial score (nSPS) is 17.8. The Bertz CT molecular complexity index is 716. The number of hydrogen-bond donors (Lipinski definition) is 0. The number of hydrogen-bond acceptors (Lipinski definition) is 6. The first kappa shape index (κ1) is 15.9. The molecule has 0 N–H and O–H groups in total. The van der Waals surface area contributed by atoms with E-state index in [4.69, 9.17) is 9.15 Å². The topological polar surface area (TPSA) is 68.5 Å². The molecular formula is C16H19N3O3S. The summed E-state index contributed by atoms with van der Waals surface area (Å²) in [6.07, 6.45) is 0.802. The molecular weight excluding hydrogens is 314 g/mol. The minimum atomic E-state index is -0.131. The molecule has 7 heteroatoms. The number of aryl methyl sites for hydroxylation is 2. The van der Waals surface area contributed by atoms with Gasteiger partial charge in [0.15, 0.2) is 6.61 Å². The third kappa shape index (κ3) is 3.67. The second kappa shape index (κ2) is 6.62. The number of rotatable bonds is 5. The summed E-state index contributed by atoms with van der Waals surface area (Å²) in [5, 5.41) is 8.25. The van der Waals surface area contributed by atoms with E-state index in [0.717, 1.165) is 29.8 Å². The summed E-state index contributed by atoms with van der Waals surface area (Å²) in [6, 6.07) is 6.04. The summed E-state index contributed by atoms with van der Waals surface area (Å²) in [5.74, 6) is 1.33. The molecule has 1 aliphatic heterocycles. The fourth-order valence-corrected chi connectivity index (χ4v) is 3.35. The molecule has 0 bridgehead atoms. The van der Waals surface area contributed by atoms with Crippen LogP contribution in [-0.2, 0) is 11.4 Å². The van der Waals surface area contributed by atoms with Gasteiger partial charge in [-0.1, -0.05) is 23.9 Å². The Balaban J connectivity index is 1.59. The minimum absolute atomic E-state index is 0.112. The van der Waals surface area contributed by atoms with Crippen LogP contribution in [0.15, 0.2) is 27.8 Å². The molecule has 1 fully saturated rings. The quantitative estimate of drug-likeness (QED) is 0.838. The van der Waals surface area contributed by atoms with Crippen molar-refractivity contribution >= 4 is 17.7 Å². The average molecular weight is 333 g/mol. The molecule has 1 amide bonds. The highest BCUT2D eigenvalue weighted by atomic mass is 32.2. The number of carbonyl (C=O) groups is 1. The molecule has 0 spiro atoms. The maximum Gasteiger partial charge on any atom is 0.277 e. The fraction of sp³-hybridized carbons (Fsp3) is 0.438. The molecule has 1 aromatic carbocycles. The van der Waals surface area contributed by atoms with Crippen LogP contribution in [0, 0.1) is 13.8 Å². The summed E-state index contributed by atoms with van der Waals surface area (Å²) in [6.45, 7) is 5.00. The molecule has 3 rings (SSSR count). The smallest absolute Gasteiger partial charge is 0.277 e. The lowest BCUT2D eigenvalue weighted by Crippen LogP contribution is -2.23. The molecule has 6 nitrogen and oxygen atoms in total. The zero-order valence-corrected chi connectivity index (χ0v) is 14.2. The highest BCUT2D eigenvalue weighted by Crippen LogP contribution is 2.29. The fourth-order valence-electron chi connectivity index (χ4n) is 2.37. The Morgan fingerprint density at radius 3 is 2.96 bits per heavy atom. The first-order valence-electron chi connectivity index (χ1n) is 7.47. The van der Waals surface area contributed by atoms with Gasteiger partial charge in [0.25, 0.3) is 11.1 Å². The van der Waals surface area contributed by atoms with E-state index in [1.807, 2.05) is 32.0 Å². The van der Waals surface area contributed by atoms with Crippen molar-refractivity contribution in [2.45, 2.75) is 37.3 Å². The second-order valence-corrected chi connectivity index (χ2v) is 6.83. The average Bonchev–Trinajstić information content (AvgIpc) is 3.10. The molecule has 0 unspecified atom stereocenters. The predicted molar refractivity (Wildman–Crippen MR) is 86.4 cm³/mol. The molecule has 122 valence electrons. The summed E-state index contributed by atoms with van der Waals surface area (Å²) in [5.41, 5.74) is 2.19. The highest BCUT2D eigenvalue weighted by molar-refractivity contribution is 8.00. The van der Waals surface area contributed by atoms with Crippen LogP contribution in [-0.4, -0.2) is 39.8 Å². The molecule has 2 heterocycles. The van der Waals surface area contributed by atoms with Crippen LogP contribution in [0.2, 0.25) is 0 Å². The molecule has 0 radical (unpaired) electrons. The Labute approximate surface area is 139 Å². The van der Waals surface area contributed by atoms with Gasteiger partial charge < -0.3 is 14.1 Å². The van der Waals surface area contributed by atoms with Crippen LogP contribution in [0.5, 0.6) is 5.75 Å². The Morgan fingerprint density at radius 1 is 1.39 bits per heavy atom. The Morgan fingerprint density at radius 2 is 2.22 bits per heavy atom. The number of likely N-dealkylation sites (tertiary alicyclic amines) is 1. The molecule has 23 heavy (non-hydrogen) atoms. The molecule has 1 aromatic heterocycles. The number of thioether (sulfide) groups is 1. The summed E-state index contributed by atoms with van der Waals surface area (Å²) >= 11 is 1.32. The van der Waals surface area contributed by atoms with Crippen LogP contribution in [0.3, 0.4) is 0 Å². The summed E-state index contributed by atoms with van der Waals surface area (Å²) < 4.78 is 11.3. The molecule has 1 aliphatic rings. The van der Waals surface area contributed by atoms with E-state index in [2.05, 4.69) is 10.2 Å².